The van der Waals surface area contributed by atoms with Gasteiger partial charge in [0.15, 0.2) is 0 Å². The van der Waals surface area contributed by atoms with Crippen molar-refractivity contribution in [1.29, 1.82) is 0 Å². The number of nitro groups is 1. The summed E-state index contributed by atoms with van der Waals surface area (Å²) in [6.07, 6.45) is 21.7. The van der Waals surface area contributed by atoms with Gasteiger partial charge in [0.25, 0.3) is 5.69 Å². The molecule has 159 valence electrons. The molecule has 1 aromatic rings. The lowest BCUT2D eigenvalue weighted by Crippen LogP contribution is -1.97. The molecule has 0 amide bonds. The Hall–Kier alpha value is -1.58. The molecule has 0 aliphatic carbocycles. The first-order valence-electron chi connectivity index (χ1n) is 11.5. The molecule has 1 rings (SSSR count). The van der Waals surface area contributed by atoms with E-state index in [1.807, 2.05) is 0 Å². The lowest BCUT2D eigenvalue weighted by molar-refractivity contribution is -0.385. The van der Waals surface area contributed by atoms with Crippen molar-refractivity contribution in [2.24, 2.45) is 0 Å². The first-order chi connectivity index (χ1) is 13.7. The van der Waals surface area contributed by atoms with Crippen molar-refractivity contribution >= 4 is 5.69 Å². The fourth-order valence-electron chi connectivity index (χ4n) is 3.45. The Kier molecular flexibility index (Phi) is 15.3. The molecule has 0 saturated heterocycles. The smallest absolute Gasteiger partial charge is 0.277 e. The van der Waals surface area contributed by atoms with Gasteiger partial charge in [0.05, 0.1) is 17.6 Å². The van der Waals surface area contributed by atoms with E-state index in [0.29, 0.717) is 12.4 Å². The maximum Gasteiger partial charge on any atom is 0.277 e. The van der Waals surface area contributed by atoms with Crippen LogP contribution in [0.3, 0.4) is 0 Å². The van der Waals surface area contributed by atoms with Crippen LogP contribution in [0.25, 0.3) is 0 Å². The van der Waals surface area contributed by atoms with Crippen molar-refractivity contribution in [1.82, 2.24) is 0 Å². The topological polar surface area (TPSA) is 52.4 Å². The fraction of sp³-hybridized carbons (Fsp3) is 0.750. The third kappa shape index (κ3) is 13.6. The lowest BCUT2D eigenvalue weighted by Gasteiger charge is -2.06. The van der Waals surface area contributed by atoms with Crippen LogP contribution in [0.2, 0.25) is 0 Å². The molecule has 0 spiro atoms. The zero-order valence-corrected chi connectivity index (χ0v) is 17.9. The Labute approximate surface area is 172 Å². The quantitative estimate of drug-likeness (QED) is 0.136. The number of unbranched alkanes of at least 4 members (excludes halogenated alkanes) is 15. The van der Waals surface area contributed by atoms with E-state index < -0.39 is 4.92 Å². The van der Waals surface area contributed by atoms with Gasteiger partial charge in [-0.3, -0.25) is 10.1 Å². The number of nitro benzene ring substituents is 1. The Bertz CT molecular complexity index is 487. The van der Waals surface area contributed by atoms with Crippen LogP contribution in [0.15, 0.2) is 18.2 Å². The van der Waals surface area contributed by atoms with E-state index in [1.54, 1.807) is 12.1 Å². The number of nitrogens with zero attached hydrogens (tertiary/aromatic N) is 1. The molecule has 1 radical (unpaired) electrons. The summed E-state index contributed by atoms with van der Waals surface area (Å²) in [5.41, 5.74) is -0.0187. The summed E-state index contributed by atoms with van der Waals surface area (Å²) >= 11 is 0. The average Bonchev–Trinajstić information content (AvgIpc) is 2.70. The van der Waals surface area contributed by atoms with Crippen LogP contribution in [0.1, 0.15) is 110 Å². The monoisotopic (exact) mass is 390 g/mol. The third-order valence-electron chi connectivity index (χ3n) is 5.23. The average molecular weight is 391 g/mol. The summed E-state index contributed by atoms with van der Waals surface area (Å²) in [5.74, 6) is 0.659. The second-order valence-electron chi connectivity index (χ2n) is 7.82. The maximum absolute atomic E-state index is 10.6. The second kappa shape index (κ2) is 17.5. The van der Waals surface area contributed by atoms with Gasteiger partial charge < -0.3 is 4.74 Å². The van der Waals surface area contributed by atoms with Gasteiger partial charge in [0.2, 0.25) is 0 Å². The SMILES string of the molecule is CCCCCCCCCCCCCCCCCCOc1c[c]c([N+](=O)[O-])cc1. The molecular weight excluding hydrogens is 350 g/mol. The van der Waals surface area contributed by atoms with Gasteiger partial charge in [-0.2, -0.15) is 0 Å². The van der Waals surface area contributed by atoms with Crippen LogP contribution in [-0.4, -0.2) is 11.5 Å². The molecule has 4 nitrogen and oxygen atoms in total. The Morgan fingerprint density at radius 2 is 1.25 bits per heavy atom. The van der Waals surface area contributed by atoms with E-state index in [-0.39, 0.29) is 5.69 Å². The minimum atomic E-state index is -0.445. The summed E-state index contributed by atoms with van der Waals surface area (Å²) in [7, 11) is 0. The molecule has 4 heteroatoms. The van der Waals surface area contributed by atoms with Crippen molar-refractivity contribution in [2.75, 3.05) is 6.61 Å². The number of ether oxygens (including phenoxy) is 1. The van der Waals surface area contributed by atoms with Gasteiger partial charge >= 0.3 is 0 Å². The molecule has 0 bridgehead atoms. The van der Waals surface area contributed by atoms with E-state index in [9.17, 15) is 10.1 Å². The van der Waals surface area contributed by atoms with Gasteiger partial charge in [-0.15, -0.1) is 0 Å². The molecule has 0 atom stereocenters. The number of hydrogen-bond acceptors (Lipinski definition) is 3. The standard InChI is InChI=1S/C24H40NO3/c1-2-3-4-5-6-7-8-9-10-11-12-13-14-15-16-17-22-28-24-20-18-23(19-21-24)25(26)27/h18,20-21H,2-17,22H2,1H3. The van der Waals surface area contributed by atoms with Gasteiger partial charge in [-0.05, 0) is 18.6 Å². The molecule has 0 N–H and O–H groups in total. The summed E-state index contributed by atoms with van der Waals surface area (Å²) in [6, 6.07) is 7.24. The largest absolute Gasteiger partial charge is 0.494 e. The number of rotatable bonds is 19. The van der Waals surface area contributed by atoms with Crippen molar-refractivity contribution in [3.05, 3.63) is 34.4 Å². The zero-order valence-electron chi connectivity index (χ0n) is 17.9. The number of hydrogen-bond donors (Lipinski definition) is 0. The lowest BCUT2D eigenvalue weighted by atomic mass is 10.0. The molecule has 0 unspecified atom stereocenters. The summed E-state index contributed by atoms with van der Waals surface area (Å²) in [6.45, 7) is 2.95. The number of benzene rings is 1. The normalized spacial score (nSPS) is 10.9. The summed E-state index contributed by atoms with van der Waals surface area (Å²) < 4.78 is 5.61. The minimum absolute atomic E-state index is 0.0187. The highest BCUT2D eigenvalue weighted by atomic mass is 16.6. The van der Waals surface area contributed by atoms with Crippen LogP contribution < -0.4 is 4.74 Å². The van der Waals surface area contributed by atoms with Crippen LogP contribution in [0, 0.1) is 16.2 Å². The number of non-ortho nitro benzene ring substituents is 1. The fourth-order valence-corrected chi connectivity index (χ4v) is 3.45. The highest BCUT2D eigenvalue weighted by Crippen LogP contribution is 2.17. The van der Waals surface area contributed by atoms with Crippen molar-refractivity contribution in [2.45, 2.75) is 110 Å². The van der Waals surface area contributed by atoms with E-state index in [2.05, 4.69) is 13.0 Å². The molecule has 0 aliphatic heterocycles. The van der Waals surface area contributed by atoms with Crippen molar-refractivity contribution in [3.8, 4) is 5.75 Å². The van der Waals surface area contributed by atoms with Crippen LogP contribution in [-0.2, 0) is 0 Å². The molecule has 28 heavy (non-hydrogen) atoms. The van der Waals surface area contributed by atoms with Gasteiger partial charge in [-0.1, -0.05) is 103 Å². The molecule has 0 heterocycles. The first-order valence-corrected chi connectivity index (χ1v) is 11.5. The summed E-state index contributed by atoms with van der Waals surface area (Å²) in [5, 5.41) is 10.6. The van der Waals surface area contributed by atoms with Crippen LogP contribution in [0.5, 0.6) is 5.75 Å². The highest BCUT2D eigenvalue weighted by Gasteiger charge is 2.04. The predicted molar refractivity (Wildman–Crippen MR) is 117 cm³/mol. The van der Waals surface area contributed by atoms with E-state index in [0.717, 1.165) is 6.42 Å². The minimum Gasteiger partial charge on any atom is -0.494 e. The molecule has 0 fully saturated rings. The molecule has 1 aromatic carbocycles. The molecule has 0 aromatic heterocycles. The Balaban J connectivity index is 1.79. The Morgan fingerprint density at radius 3 is 1.64 bits per heavy atom. The predicted octanol–water partition coefficient (Wildman–Crippen LogP) is 8.04. The van der Waals surface area contributed by atoms with Gasteiger partial charge in [0.1, 0.15) is 5.75 Å². The summed E-state index contributed by atoms with van der Waals surface area (Å²) in [4.78, 5) is 10.1. The van der Waals surface area contributed by atoms with E-state index in [1.165, 1.54) is 102 Å². The van der Waals surface area contributed by atoms with Gasteiger partial charge in [0, 0.05) is 6.07 Å². The third-order valence-corrected chi connectivity index (χ3v) is 5.23. The van der Waals surface area contributed by atoms with Gasteiger partial charge in [-0.25, -0.2) is 0 Å². The molecule has 0 saturated carbocycles. The van der Waals surface area contributed by atoms with Crippen molar-refractivity contribution in [3.63, 3.8) is 0 Å². The van der Waals surface area contributed by atoms with Crippen molar-refractivity contribution < 1.29 is 9.66 Å². The zero-order chi connectivity index (χ0) is 20.3. The first kappa shape index (κ1) is 24.5. The van der Waals surface area contributed by atoms with Crippen LogP contribution >= 0.6 is 0 Å². The molecular formula is C24H40NO3. The highest BCUT2D eigenvalue weighted by molar-refractivity contribution is 5.34. The second-order valence-corrected chi connectivity index (χ2v) is 7.82. The van der Waals surface area contributed by atoms with E-state index in [4.69, 9.17) is 4.74 Å². The van der Waals surface area contributed by atoms with Crippen LogP contribution in [0.4, 0.5) is 5.69 Å². The Morgan fingerprint density at radius 1 is 0.786 bits per heavy atom. The van der Waals surface area contributed by atoms with E-state index >= 15 is 0 Å². The maximum atomic E-state index is 10.6. The molecule has 0 aliphatic rings.